The second kappa shape index (κ2) is 7.89. The Labute approximate surface area is 150 Å². The van der Waals surface area contributed by atoms with Gasteiger partial charge in [-0.25, -0.2) is 4.79 Å². The van der Waals surface area contributed by atoms with Crippen LogP contribution in [0, 0.1) is 25.2 Å². The van der Waals surface area contributed by atoms with Crippen molar-refractivity contribution in [2.45, 2.75) is 60.5 Å². The van der Waals surface area contributed by atoms with Crippen LogP contribution in [-0.2, 0) is 16.0 Å². The van der Waals surface area contributed by atoms with Crippen molar-refractivity contribution in [3.05, 3.63) is 34.9 Å². The molecule has 1 amide bonds. The van der Waals surface area contributed by atoms with E-state index in [-0.39, 0.29) is 12.5 Å². The average molecular weight is 349 g/mol. The first-order chi connectivity index (χ1) is 11.4. The number of carbonyl (C=O) groups is 2. The normalized spacial score (nSPS) is 14.1. The van der Waals surface area contributed by atoms with Gasteiger partial charge in [0.15, 0.2) is 0 Å². The lowest BCUT2D eigenvalue weighted by Gasteiger charge is -2.35. The minimum Gasteiger partial charge on any atom is -0.481 e. The quantitative estimate of drug-likeness (QED) is 0.811. The fourth-order valence-corrected chi connectivity index (χ4v) is 2.86. The van der Waals surface area contributed by atoms with Crippen molar-refractivity contribution >= 4 is 12.1 Å². The van der Waals surface area contributed by atoms with Gasteiger partial charge in [0, 0.05) is 6.54 Å². The fourth-order valence-electron chi connectivity index (χ4n) is 2.86. The first-order valence-corrected chi connectivity index (χ1v) is 8.64. The zero-order chi connectivity index (χ0) is 19.4. The van der Waals surface area contributed by atoms with Crippen molar-refractivity contribution in [1.82, 2.24) is 5.32 Å². The van der Waals surface area contributed by atoms with Gasteiger partial charge in [0.25, 0.3) is 0 Å². The molecule has 0 bridgehead atoms. The lowest BCUT2D eigenvalue weighted by Crippen LogP contribution is -2.49. The van der Waals surface area contributed by atoms with Gasteiger partial charge in [-0.2, -0.15) is 0 Å². The lowest BCUT2D eigenvalue weighted by molar-refractivity contribution is -0.151. The summed E-state index contributed by atoms with van der Waals surface area (Å²) >= 11 is 0. The summed E-state index contributed by atoms with van der Waals surface area (Å²) in [5.41, 5.74) is 1.41. The van der Waals surface area contributed by atoms with E-state index in [1.165, 1.54) is 0 Å². The predicted octanol–water partition coefficient (Wildman–Crippen LogP) is 4.10. The van der Waals surface area contributed by atoms with Gasteiger partial charge >= 0.3 is 12.1 Å². The predicted molar refractivity (Wildman–Crippen MR) is 98.8 cm³/mol. The number of nitrogens with one attached hydrogen (secondary N) is 1. The number of hydrogen-bond donors (Lipinski definition) is 2. The number of carboxylic acid groups (broad SMARTS) is 1. The number of hydrogen-bond acceptors (Lipinski definition) is 3. The van der Waals surface area contributed by atoms with Crippen LogP contribution < -0.4 is 5.32 Å². The lowest BCUT2D eigenvalue weighted by atomic mass is 9.71. The van der Waals surface area contributed by atoms with Crippen molar-refractivity contribution in [3.63, 3.8) is 0 Å². The Morgan fingerprint density at radius 1 is 1.16 bits per heavy atom. The van der Waals surface area contributed by atoms with E-state index in [9.17, 15) is 14.7 Å². The molecule has 0 spiro atoms. The van der Waals surface area contributed by atoms with Crippen LogP contribution in [0.1, 0.15) is 51.3 Å². The van der Waals surface area contributed by atoms with Gasteiger partial charge in [0.1, 0.15) is 5.60 Å². The van der Waals surface area contributed by atoms with Crippen molar-refractivity contribution in [3.8, 4) is 0 Å². The summed E-state index contributed by atoms with van der Waals surface area (Å²) in [6.07, 6.45) is -0.242. The molecule has 1 aromatic rings. The molecule has 0 heterocycles. The monoisotopic (exact) mass is 349 g/mol. The Kier molecular flexibility index (Phi) is 6.63. The number of amides is 1. The van der Waals surface area contributed by atoms with Gasteiger partial charge in [-0.3, -0.25) is 4.79 Å². The molecular formula is C20H31NO4. The molecule has 5 nitrogen and oxygen atoms in total. The second-order valence-corrected chi connectivity index (χ2v) is 8.02. The first-order valence-electron chi connectivity index (χ1n) is 8.64. The first kappa shape index (κ1) is 21.0. The van der Waals surface area contributed by atoms with E-state index in [1.807, 2.05) is 45.9 Å². The Bertz CT molecular complexity index is 611. The summed E-state index contributed by atoms with van der Waals surface area (Å²) in [7, 11) is 0. The number of aryl methyl sites for hydroxylation is 2. The van der Waals surface area contributed by atoms with Crippen LogP contribution in [0.3, 0.4) is 0 Å². The summed E-state index contributed by atoms with van der Waals surface area (Å²) in [5, 5.41) is 12.7. The van der Waals surface area contributed by atoms with Gasteiger partial charge in [0.05, 0.1) is 5.41 Å². The SMILES string of the molecule is Cc1cccc(C)c1CC(CNC(=O)OC(C)(C)C)(C(=O)O)C(C)C. The number of carboxylic acids is 1. The van der Waals surface area contributed by atoms with Gasteiger partial charge in [-0.1, -0.05) is 32.0 Å². The highest BCUT2D eigenvalue weighted by atomic mass is 16.6. The minimum atomic E-state index is -1.10. The van der Waals surface area contributed by atoms with E-state index in [0.29, 0.717) is 6.42 Å². The van der Waals surface area contributed by atoms with Gasteiger partial charge < -0.3 is 15.2 Å². The van der Waals surface area contributed by atoms with E-state index in [2.05, 4.69) is 5.32 Å². The Hall–Kier alpha value is -2.04. The Morgan fingerprint density at radius 2 is 1.68 bits per heavy atom. The fraction of sp³-hybridized carbons (Fsp3) is 0.600. The van der Waals surface area contributed by atoms with Crippen LogP contribution in [0.15, 0.2) is 18.2 Å². The number of ether oxygens (including phenoxy) is 1. The maximum Gasteiger partial charge on any atom is 0.407 e. The third kappa shape index (κ3) is 5.48. The van der Waals surface area contributed by atoms with E-state index in [1.54, 1.807) is 20.8 Å². The zero-order valence-corrected chi connectivity index (χ0v) is 16.4. The zero-order valence-electron chi connectivity index (χ0n) is 16.4. The number of rotatable bonds is 6. The second-order valence-electron chi connectivity index (χ2n) is 8.02. The Balaban J connectivity index is 3.11. The molecule has 1 atom stereocenters. The summed E-state index contributed by atoms with van der Waals surface area (Å²) in [6, 6.07) is 5.93. The molecule has 140 valence electrons. The van der Waals surface area contributed by atoms with E-state index >= 15 is 0 Å². The molecule has 1 unspecified atom stereocenters. The number of benzene rings is 1. The van der Waals surface area contributed by atoms with Crippen LogP contribution in [0.2, 0.25) is 0 Å². The molecule has 0 saturated heterocycles. The molecule has 25 heavy (non-hydrogen) atoms. The van der Waals surface area contributed by atoms with Crippen LogP contribution in [0.4, 0.5) is 4.79 Å². The van der Waals surface area contributed by atoms with Crippen molar-refractivity contribution in [2.24, 2.45) is 11.3 Å². The third-order valence-corrected chi connectivity index (χ3v) is 4.61. The van der Waals surface area contributed by atoms with Crippen LogP contribution in [0.5, 0.6) is 0 Å². The number of carbonyl (C=O) groups excluding carboxylic acids is 1. The van der Waals surface area contributed by atoms with Crippen LogP contribution >= 0.6 is 0 Å². The average Bonchev–Trinajstić information content (AvgIpc) is 2.43. The summed E-state index contributed by atoms with van der Waals surface area (Å²) in [5.74, 6) is -1.08. The molecule has 1 rings (SSSR count). The van der Waals surface area contributed by atoms with Gasteiger partial charge in [0.2, 0.25) is 0 Å². The van der Waals surface area contributed by atoms with Crippen molar-refractivity contribution < 1.29 is 19.4 Å². The van der Waals surface area contributed by atoms with Gasteiger partial charge in [-0.15, -0.1) is 0 Å². The summed E-state index contributed by atoms with van der Waals surface area (Å²) < 4.78 is 5.25. The van der Waals surface area contributed by atoms with E-state index in [4.69, 9.17) is 4.74 Å². The van der Waals surface area contributed by atoms with Crippen molar-refractivity contribution in [2.75, 3.05) is 6.54 Å². The Morgan fingerprint density at radius 3 is 2.08 bits per heavy atom. The van der Waals surface area contributed by atoms with Crippen molar-refractivity contribution in [1.29, 1.82) is 0 Å². The topological polar surface area (TPSA) is 75.6 Å². The molecule has 0 fully saturated rings. The van der Waals surface area contributed by atoms with Gasteiger partial charge in [-0.05, 0) is 63.6 Å². The van der Waals surface area contributed by atoms with Crippen LogP contribution in [-0.4, -0.2) is 29.3 Å². The molecular weight excluding hydrogens is 318 g/mol. The summed E-state index contributed by atoms with van der Waals surface area (Å²) in [4.78, 5) is 24.2. The number of alkyl carbamates (subject to hydrolysis) is 1. The molecule has 0 aliphatic rings. The largest absolute Gasteiger partial charge is 0.481 e. The number of aliphatic carboxylic acids is 1. The molecule has 0 aromatic heterocycles. The highest BCUT2D eigenvalue weighted by Gasteiger charge is 2.43. The smallest absolute Gasteiger partial charge is 0.407 e. The molecule has 0 aliphatic carbocycles. The highest BCUT2D eigenvalue weighted by molar-refractivity contribution is 5.77. The highest BCUT2D eigenvalue weighted by Crippen LogP contribution is 2.34. The van der Waals surface area contributed by atoms with Crippen LogP contribution in [0.25, 0.3) is 0 Å². The maximum atomic E-state index is 12.2. The molecule has 2 N–H and O–H groups in total. The maximum absolute atomic E-state index is 12.2. The molecule has 0 radical (unpaired) electrons. The van der Waals surface area contributed by atoms with E-state index < -0.39 is 23.1 Å². The standard InChI is InChI=1S/C20H31NO4/c1-13(2)20(17(22)23,12-21-18(24)25-19(5,6)7)11-16-14(3)9-8-10-15(16)4/h8-10,13H,11-12H2,1-7H3,(H,21,24)(H,22,23). The van der Waals surface area contributed by atoms with E-state index in [0.717, 1.165) is 16.7 Å². The summed E-state index contributed by atoms with van der Waals surface area (Å²) in [6.45, 7) is 13.1. The third-order valence-electron chi connectivity index (χ3n) is 4.61. The molecule has 0 aliphatic heterocycles. The molecule has 0 saturated carbocycles. The molecule has 5 heteroatoms. The minimum absolute atomic E-state index is 0.0166. The molecule has 1 aromatic carbocycles.